The van der Waals surface area contributed by atoms with Gasteiger partial charge in [0.05, 0.1) is 6.61 Å². The fourth-order valence-corrected chi connectivity index (χ4v) is 1.72. The Kier molecular flexibility index (Phi) is 2.87. The van der Waals surface area contributed by atoms with E-state index in [0.29, 0.717) is 10.8 Å². The molecule has 2 aromatic rings. The average Bonchev–Trinajstić information content (AvgIpc) is 2.29. The molecule has 0 radical (unpaired) electrons. The second kappa shape index (κ2) is 4.33. The van der Waals surface area contributed by atoms with Gasteiger partial charge in [0.2, 0.25) is 0 Å². The van der Waals surface area contributed by atoms with Gasteiger partial charge >= 0.3 is 5.97 Å². The molecule has 4 heteroatoms. The van der Waals surface area contributed by atoms with Gasteiger partial charge in [-0.2, -0.15) is 0 Å². The SMILES string of the molecule is CCOC(=O)c1c(O)cc2ccccc2c1O. The molecular formula is C13H12O4. The monoisotopic (exact) mass is 232 g/mol. The minimum atomic E-state index is -0.728. The molecular weight excluding hydrogens is 220 g/mol. The summed E-state index contributed by atoms with van der Waals surface area (Å²) < 4.78 is 4.78. The van der Waals surface area contributed by atoms with Gasteiger partial charge < -0.3 is 14.9 Å². The predicted octanol–water partition coefficient (Wildman–Crippen LogP) is 2.43. The molecule has 0 fully saturated rings. The molecule has 0 aliphatic rings. The van der Waals surface area contributed by atoms with E-state index in [9.17, 15) is 15.0 Å². The maximum Gasteiger partial charge on any atom is 0.345 e. The number of hydrogen-bond acceptors (Lipinski definition) is 4. The largest absolute Gasteiger partial charge is 0.507 e. The van der Waals surface area contributed by atoms with Crippen molar-refractivity contribution in [1.82, 2.24) is 0 Å². The summed E-state index contributed by atoms with van der Waals surface area (Å²) in [6.45, 7) is 1.84. The number of fused-ring (bicyclic) bond motifs is 1. The van der Waals surface area contributed by atoms with E-state index in [0.717, 1.165) is 0 Å². The van der Waals surface area contributed by atoms with Gasteiger partial charge in [-0.25, -0.2) is 4.79 Å². The van der Waals surface area contributed by atoms with Gasteiger partial charge in [0, 0.05) is 5.39 Å². The number of aromatic hydroxyl groups is 2. The van der Waals surface area contributed by atoms with E-state index in [-0.39, 0.29) is 23.7 Å². The topological polar surface area (TPSA) is 66.8 Å². The summed E-state index contributed by atoms with van der Waals surface area (Å²) in [5, 5.41) is 20.9. The van der Waals surface area contributed by atoms with Gasteiger partial charge in [-0.05, 0) is 18.4 Å². The summed E-state index contributed by atoms with van der Waals surface area (Å²) in [5.74, 6) is -1.26. The molecule has 0 aliphatic heterocycles. The van der Waals surface area contributed by atoms with Crippen LogP contribution in [0.2, 0.25) is 0 Å². The third-order valence-corrected chi connectivity index (χ3v) is 2.48. The van der Waals surface area contributed by atoms with Crippen LogP contribution in [-0.4, -0.2) is 22.8 Å². The molecule has 0 saturated carbocycles. The Hall–Kier alpha value is -2.23. The summed E-state index contributed by atoms with van der Waals surface area (Å²) in [6, 6.07) is 8.37. The lowest BCUT2D eigenvalue weighted by atomic mass is 10.0. The van der Waals surface area contributed by atoms with Crippen LogP contribution < -0.4 is 0 Å². The molecule has 2 N–H and O–H groups in total. The molecule has 0 atom stereocenters. The van der Waals surface area contributed by atoms with Gasteiger partial charge in [0.15, 0.2) is 0 Å². The first kappa shape index (κ1) is 11.3. The number of carbonyl (C=O) groups excluding carboxylic acids is 1. The lowest BCUT2D eigenvalue weighted by molar-refractivity contribution is 0.0520. The third-order valence-electron chi connectivity index (χ3n) is 2.48. The van der Waals surface area contributed by atoms with Gasteiger partial charge in [-0.3, -0.25) is 0 Å². The maximum atomic E-state index is 11.6. The van der Waals surface area contributed by atoms with Crippen molar-refractivity contribution in [2.75, 3.05) is 6.61 Å². The molecule has 4 nitrogen and oxygen atoms in total. The van der Waals surface area contributed by atoms with Crippen molar-refractivity contribution < 1.29 is 19.7 Å². The normalized spacial score (nSPS) is 10.4. The van der Waals surface area contributed by atoms with Crippen LogP contribution in [0.4, 0.5) is 0 Å². The molecule has 17 heavy (non-hydrogen) atoms. The zero-order chi connectivity index (χ0) is 12.4. The smallest absolute Gasteiger partial charge is 0.345 e. The number of phenols is 2. The first-order chi connectivity index (χ1) is 8.15. The minimum absolute atomic E-state index is 0.185. The van der Waals surface area contributed by atoms with E-state index in [1.165, 1.54) is 6.07 Å². The van der Waals surface area contributed by atoms with Gasteiger partial charge in [0.1, 0.15) is 17.1 Å². The zero-order valence-corrected chi connectivity index (χ0v) is 9.30. The highest BCUT2D eigenvalue weighted by atomic mass is 16.5. The highest BCUT2D eigenvalue weighted by Crippen LogP contribution is 2.35. The number of benzene rings is 2. The quantitative estimate of drug-likeness (QED) is 0.780. The van der Waals surface area contributed by atoms with E-state index < -0.39 is 5.97 Å². The van der Waals surface area contributed by atoms with Crippen LogP contribution in [0.3, 0.4) is 0 Å². The van der Waals surface area contributed by atoms with Crippen LogP contribution in [0.5, 0.6) is 11.5 Å². The molecule has 2 rings (SSSR count). The molecule has 0 spiro atoms. The molecule has 0 aliphatic carbocycles. The number of rotatable bonds is 2. The van der Waals surface area contributed by atoms with Crippen LogP contribution in [0.25, 0.3) is 10.8 Å². The Morgan fingerprint density at radius 2 is 2.00 bits per heavy atom. The Balaban J connectivity index is 2.67. The molecule has 0 saturated heterocycles. The molecule has 0 aromatic heterocycles. The van der Waals surface area contributed by atoms with Crippen LogP contribution in [0.1, 0.15) is 17.3 Å². The van der Waals surface area contributed by atoms with E-state index in [1.54, 1.807) is 31.2 Å². The highest BCUT2D eigenvalue weighted by Gasteiger charge is 2.20. The standard InChI is InChI=1S/C13H12O4/c1-2-17-13(16)11-10(14)7-8-5-3-4-6-9(8)12(11)15/h3-7,14-15H,2H2,1H3. The fourth-order valence-electron chi connectivity index (χ4n) is 1.72. The second-order valence-corrected chi connectivity index (χ2v) is 3.56. The van der Waals surface area contributed by atoms with Gasteiger partial charge in [-0.1, -0.05) is 24.3 Å². The van der Waals surface area contributed by atoms with Crippen molar-refractivity contribution in [3.05, 3.63) is 35.9 Å². The Morgan fingerprint density at radius 1 is 1.29 bits per heavy atom. The van der Waals surface area contributed by atoms with E-state index in [2.05, 4.69) is 0 Å². The number of carbonyl (C=O) groups is 1. The number of esters is 1. The van der Waals surface area contributed by atoms with Gasteiger partial charge in [-0.15, -0.1) is 0 Å². The van der Waals surface area contributed by atoms with E-state index in [4.69, 9.17) is 4.74 Å². The van der Waals surface area contributed by atoms with Crippen molar-refractivity contribution in [2.24, 2.45) is 0 Å². The summed E-state index contributed by atoms with van der Waals surface area (Å²) in [7, 11) is 0. The Morgan fingerprint density at radius 3 is 2.71 bits per heavy atom. The zero-order valence-electron chi connectivity index (χ0n) is 9.30. The number of hydrogen-bond donors (Lipinski definition) is 2. The number of phenolic OH excluding ortho intramolecular Hbond substituents is 2. The summed E-state index contributed by atoms with van der Waals surface area (Å²) >= 11 is 0. The Labute approximate surface area is 98.1 Å². The average molecular weight is 232 g/mol. The summed E-state index contributed by atoms with van der Waals surface area (Å²) in [6.07, 6.45) is 0. The van der Waals surface area contributed by atoms with Crippen molar-refractivity contribution in [3.8, 4) is 11.5 Å². The number of ether oxygens (including phenoxy) is 1. The van der Waals surface area contributed by atoms with Crippen molar-refractivity contribution in [2.45, 2.75) is 6.92 Å². The Bertz CT molecular complexity index is 575. The first-order valence-corrected chi connectivity index (χ1v) is 5.26. The molecule has 0 bridgehead atoms. The maximum absolute atomic E-state index is 11.6. The van der Waals surface area contributed by atoms with Crippen LogP contribution in [0, 0.1) is 0 Å². The lowest BCUT2D eigenvalue weighted by Gasteiger charge is -2.09. The molecule has 0 amide bonds. The molecule has 0 heterocycles. The summed E-state index contributed by atoms with van der Waals surface area (Å²) in [4.78, 5) is 11.6. The van der Waals surface area contributed by atoms with Crippen molar-refractivity contribution in [1.29, 1.82) is 0 Å². The van der Waals surface area contributed by atoms with E-state index >= 15 is 0 Å². The first-order valence-electron chi connectivity index (χ1n) is 5.26. The van der Waals surface area contributed by atoms with Gasteiger partial charge in [0.25, 0.3) is 0 Å². The third kappa shape index (κ3) is 1.89. The molecule has 0 unspecified atom stereocenters. The lowest BCUT2D eigenvalue weighted by Crippen LogP contribution is -2.05. The molecule has 88 valence electrons. The van der Waals surface area contributed by atoms with E-state index in [1.807, 2.05) is 0 Å². The second-order valence-electron chi connectivity index (χ2n) is 3.56. The van der Waals surface area contributed by atoms with Crippen LogP contribution in [-0.2, 0) is 4.74 Å². The van der Waals surface area contributed by atoms with Crippen LogP contribution >= 0.6 is 0 Å². The molecule has 2 aromatic carbocycles. The van der Waals surface area contributed by atoms with Crippen LogP contribution in [0.15, 0.2) is 30.3 Å². The fraction of sp³-hybridized carbons (Fsp3) is 0.154. The summed E-state index contributed by atoms with van der Waals surface area (Å²) in [5.41, 5.74) is -0.189. The highest BCUT2D eigenvalue weighted by molar-refractivity contribution is 6.03. The van der Waals surface area contributed by atoms with Crippen molar-refractivity contribution >= 4 is 16.7 Å². The predicted molar refractivity (Wildman–Crippen MR) is 63.2 cm³/mol. The van der Waals surface area contributed by atoms with Crippen molar-refractivity contribution in [3.63, 3.8) is 0 Å². The minimum Gasteiger partial charge on any atom is -0.507 e.